The van der Waals surface area contributed by atoms with Crippen LogP contribution < -0.4 is 5.32 Å². The second kappa shape index (κ2) is 7.15. The molecule has 5 nitrogen and oxygen atoms in total. The molecule has 0 aromatic carbocycles. The summed E-state index contributed by atoms with van der Waals surface area (Å²) >= 11 is 0. The van der Waals surface area contributed by atoms with Gasteiger partial charge >= 0.3 is 0 Å². The van der Waals surface area contributed by atoms with Gasteiger partial charge in [-0.15, -0.1) is 0 Å². The van der Waals surface area contributed by atoms with Crippen molar-refractivity contribution in [3.63, 3.8) is 0 Å². The largest absolute Gasteiger partial charge is 0.317 e. The van der Waals surface area contributed by atoms with Crippen molar-refractivity contribution < 1.29 is 4.79 Å². The van der Waals surface area contributed by atoms with E-state index in [9.17, 15) is 4.79 Å². The maximum absolute atomic E-state index is 12.8. The molecule has 0 radical (unpaired) electrons. The summed E-state index contributed by atoms with van der Waals surface area (Å²) in [4.78, 5) is 21.7. The minimum absolute atomic E-state index is 0.101. The molecule has 0 unspecified atom stereocenters. The Balaban J connectivity index is 1.61. The topological polar surface area (TPSA) is 59.8 Å². The molecular weight excluding hydrogens is 312 g/mol. The van der Waals surface area contributed by atoms with Crippen molar-refractivity contribution in [3.05, 3.63) is 60.2 Å². The summed E-state index contributed by atoms with van der Waals surface area (Å²) in [5.41, 5.74) is 4.05. The predicted octanol–water partition coefficient (Wildman–Crippen LogP) is 3.17. The number of hydrogen-bond acceptors (Lipinski definition) is 4. The van der Waals surface area contributed by atoms with E-state index in [1.54, 1.807) is 10.8 Å². The minimum Gasteiger partial charge on any atom is -0.317 e. The van der Waals surface area contributed by atoms with E-state index in [4.69, 9.17) is 0 Å². The van der Waals surface area contributed by atoms with Gasteiger partial charge in [-0.1, -0.05) is 6.07 Å². The van der Waals surface area contributed by atoms with Crippen molar-refractivity contribution in [1.29, 1.82) is 0 Å². The Hall–Kier alpha value is -2.53. The van der Waals surface area contributed by atoms with E-state index in [1.165, 1.54) is 5.56 Å². The van der Waals surface area contributed by atoms with E-state index in [0.29, 0.717) is 18.8 Å². The van der Waals surface area contributed by atoms with Gasteiger partial charge in [0, 0.05) is 30.7 Å². The Bertz CT molecular complexity index is 866. The zero-order valence-corrected chi connectivity index (χ0v) is 14.2. The molecule has 4 rings (SSSR count). The number of piperidine rings is 1. The van der Waals surface area contributed by atoms with Gasteiger partial charge in [0.05, 0.1) is 11.0 Å². The maximum Gasteiger partial charge on any atom is 0.231 e. The van der Waals surface area contributed by atoms with Gasteiger partial charge in [-0.25, -0.2) is 0 Å². The summed E-state index contributed by atoms with van der Waals surface area (Å²) in [7, 11) is 0. The fourth-order valence-electron chi connectivity index (χ4n) is 3.62. The maximum atomic E-state index is 12.8. The van der Waals surface area contributed by atoms with Crippen LogP contribution in [0.5, 0.6) is 0 Å². The molecule has 5 heteroatoms. The molecule has 3 aromatic heterocycles. The van der Waals surface area contributed by atoms with Gasteiger partial charge in [-0.05, 0) is 68.1 Å². The quantitative estimate of drug-likeness (QED) is 0.796. The van der Waals surface area contributed by atoms with Crippen LogP contribution in [-0.4, -0.2) is 33.5 Å². The standard InChI is InChI=1S/C20H22N4O/c25-19(7-6-16-4-1-2-10-22-16)24-14-17(15-8-12-21-13-9-15)20-18(24)5-3-11-23-20/h1-5,10-11,14-15,21H,6-9,12-13H2. The molecule has 25 heavy (non-hydrogen) atoms. The molecule has 0 saturated carbocycles. The van der Waals surface area contributed by atoms with Crippen LogP contribution in [0.4, 0.5) is 0 Å². The highest BCUT2D eigenvalue weighted by molar-refractivity contribution is 5.92. The number of pyridine rings is 2. The summed E-state index contributed by atoms with van der Waals surface area (Å²) in [5.74, 6) is 0.576. The number of hydrogen-bond donors (Lipinski definition) is 1. The second-order valence-electron chi connectivity index (χ2n) is 6.56. The molecule has 3 aromatic rings. The Kier molecular flexibility index (Phi) is 4.57. The van der Waals surface area contributed by atoms with Crippen LogP contribution in [-0.2, 0) is 6.42 Å². The van der Waals surface area contributed by atoms with Gasteiger partial charge in [0.2, 0.25) is 5.91 Å². The third-order valence-electron chi connectivity index (χ3n) is 4.96. The Morgan fingerprint density at radius 2 is 1.96 bits per heavy atom. The molecule has 1 N–H and O–H groups in total. The van der Waals surface area contributed by atoms with E-state index >= 15 is 0 Å². The lowest BCUT2D eigenvalue weighted by atomic mass is 9.91. The molecule has 0 aliphatic carbocycles. The number of rotatable bonds is 4. The summed E-state index contributed by atoms with van der Waals surface area (Å²) in [5, 5.41) is 3.40. The summed E-state index contributed by atoms with van der Waals surface area (Å²) in [6, 6.07) is 9.70. The van der Waals surface area contributed by atoms with Crippen molar-refractivity contribution in [2.24, 2.45) is 0 Å². The van der Waals surface area contributed by atoms with Crippen LogP contribution in [0.15, 0.2) is 48.9 Å². The third kappa shape index (κ3) is 3.33. The summed E-state index contributed by atoms with van der Waals surface area (Å²) in [6.45, 7) is 2.05. The molecule has 128 valence electrons. The number of aryl methyl sites for hydroxylation is 1. The summed E-state index contributed by atoms with van der Waals surface area (Å²) in [6.07, 6.45) is 8.90. The lowest BCUT2D eigenvalue weighted by Gasteiger charge is -2.21. The van der Waals surface area contributed by atoms with Crippen LogP contribution in [0.25, 0.3) is 11.0 Å². The van der Waals surface area contributed by atoms with Crippen LogP contribution in [0, 0.1) is 0 Å². The number of fused-ring (bicyclic) bond motifs is 1. The van der Waals surface area contributed by atoms with Gasteiger partial charge in [0.15, 0.2) is 0 Å². The average Bonchev–Trinajstić information content (AvgIpc) is 3.07. The molecule has 1 aliphatic heterocycles. The molecule has 0 bridgehead atoms. The second-order valence-corrected chi connectivity index (χ2v) is 6.56. The normalized spacial score (nSPS) is 15.5. The zero-order chi connectivity index (χ0) is 17.1. The van der Waals surface area contributed by atoms with E-state index in [-0.39, 0.29) is 5.91 Å². The van der Waals surface area contributed by atoms with Crippen molar-refractivity contribution >= 4 is 16.9 Å². The zero-order valence-electron chi connectivity index (χ0n) is 14.2. The van der Waals surface area contributed by atoms with Crippen LogP contribution in [0.1, 0.15) is 41.2 Å². The Labute approximate surface area is 147 Å². The number of aromatic nitrogens is 3. The predicted molar refractivity (Wildman–Crippen MR) is 97.8 cm³/mol. The fourth-order valence-corrected chi connectivity index (χ4v) is 3.62. The first-order valence-electron chi connectivity index (χ1n) is 8.93. The van der Waals surface area contributed by atoms with E-state index in [2.05, 4.69) is 15.3 Å². The first-order valence-corrected chi connectivity index (χ1v) is 8.93. The molecular formula is C20H22N4O. The SMILES string of the molecule is O=C(CCc1ccccn1)n1cc(C2CCNCC2)c2ncccc21. The van der Waals surface area contributed by atoms with Crippen molar-refractivity contribution in [1.82, 2.24) is 19.9 Å². The monoisotopic (exact) mass is 334 g/mol. The van der Waals surface area contributed by atoms with Crippen molar-refractivity contribution in [3.8, 4) is 0 Å². The summed E-state index contributed by atoms with van der Waals surface area (Å²) < 4.78 is 1.79. The first kappa shape index (κ1) is 16.0. The van der Waals surface area contributed by atoms with Crippen LogP contribution in [0.2, 0.25) is 0 Å². The third-order valence-corrected chi connectivity index (χ3v) is 4.96. The average molecular weight is 334 g/mol. The minimum atomic E-state index is 0.101. The van der Waals surface area contributed by atoms with Crippen LogP contribution in [0.3, 0.4) is 0 Å². The molecule has 1 saturated heterocycles. The smallest absolute Gasteiger partial charge is 0.231 e. The molecule has 4 heterocycles. The molecule has 0 amide bonds. The number of carbonyl (C=O) groups excluding carboxylic acids is 1. The molecule has 1 fully saturated rings. The van der Waals surface area contributed by atoms with E-state index < -0.39 is 0 Å². The van der Waals surface area contributed by atoms with Gasteiger partial charge in [-0.3, -0.25) is 19.3 Å². The fraction of sp³-hybridized carbons (Fsp3) is 0.350. The van der Waals surface area contributed by atoms with E-state index in [0.717, 1.165) is 42.7 Å². The highest BCUT2D eigenvalue weighted by Gasteiger charge is 2.22. The highest BCUT2D eigenvalue weighted by atomic mass is 16.2. The number of nitrogens with one attached hydrogen (secondary N) is 1. The number of carbonyl (C=O) groups is 1. The number of nitrogens with zero attached hydrogens (tertiary/aromatic N) is 3. The van der Waals surface area contributed by atoms with Crippen molar-refractivity contribution in [2.75, 3.05) is 13.1 Å². The van der Waals surface area contributed by atoms with Gasteiger partial charge < -0.3 is 5.32 Å². The van der Waals surface area contributed by atoms with Gasteiger partial charge in [0.1, 0.15) is 0 Å². The lowest BCUT2D eigenvalue weighted by molar-refractivity contribution is 0.0907. The van der Waals surface area contributed by atoms with E-state index in [1.807, 2.05) is 42.7 Å². The van der Waals surface area contributed by atoms with Crippen molar-refractivity contribution in [2.45, 2.75) is 31.6 Å². The molecule has 0 atom stereocenters. The molecule has 1 aliphatic rings. The Morgan fingerprint density at radius 1 is 1.12 bits per heavy atom. The Morgan fingerprint density at radius 3 is 2.76 bits per heavy atom. The molecule has 0 spiro atoms. The first-order chi connectivity index (χ1) is 12.3. The van der Waals surface area contributed by atoms with Gasteiger partial charge in [0.25, 0.3) is 0 Å². The highest BCUT2D eigenvalue weighted by Crippen LogP contribution is 2.31. The van der Waals surface area contributed by atoms with Gasteiger partial charge in [-0.2, -0.15) is 0 Å². The van der Waals surface area contributed by atoms with Crippen LogP contribution >= 0.6 is 0 Å². The lowest BCUT2D eigenvalue weighted by Crippen LogP contribution is -2.26.